The Hall–Kier alpha value is -2.18. The molecule has 0 aliphatic rings. The zero-order chi connectivity index (χ0) is 17.6. The number of rotatable bonds is 7. The van der Waals surface area contributed by atoms with Crippen LogP contribution in [0.3, 0.4) is 0 Å². The van der Waals surface area contributed by atoms with Crippen molar-refractivity contribution in [2.24, 2.45) is 0 Å². The molecule has 130 valence electrons. The van der Waals surface area contributed by atoms with E-state index < -0.39 is 10.8 Å². The van der Waals surface area contributed by atoms with Gasteiger partial charge < -0.3 is 9.73 Å². The van der Waals surface area contributed by atoms with E-state index in [1.807, 2.05) is 48.7 Å². The van der Waals surface area contributed by atoms with Crippen LogP contribution < -0.4 is 5.32 Å². The number of aryl methyl sites for hydroxylation is 1. The molecule has 1 N–H and O–H groups in total. The van der Waals surface area contributed by atoms with Crippen LogP contribution in [0.15, 0.2) is 63.2 Å². The van der Waals surface area contributed by atoms with Crippen LogP contribution in [0.5, 0.6) is 0 Å². The first-order valence-corrected chi connectivity index (χ1v) is 10.2. The lowest BCUT2D eigenvalue weighted by Gasteiger charge is -2.02. The Bertz CT molecular complexity index is 851. The minimum absolute atomic E-state index is 0.246. The first-order chi connectivity index (χ1) is 12.1. The molecule has 0 fully saturated rings. The molecule has 0 aliphatic heterocycles. The number of nitrogens with one attached hydrogen (secondary N) is 1. The smallest absolute Gasteiger partial charge is 0.287 e. The van der Waals surface area contributed by atoms with Crippen LogP contribution in [-0.2, 0) is 23.0 Å². The molecule has 1 aromatic carbocycles. The highest BCUT2D eigenvalue weighted by atomic mass is 32.2. The fraction of sp³-hybridized carbons (Fsp3) is 0.211. The zero-order valence-corrected chi connectivity index (χ0v) is 15.5. The molecule has 0 saturated heterocycles. The molecule has 0 saturated carbocycles. The number of carbonyl (C=O) groups is 1. The molecule has 0 radical (unpaired) electrons. The Morgan fingerprint density at radius 1 is 1.16 bits per heavy atom. The third kappa shape index (κ3) is 4.90. The summed E-state index contributed by atoms with van der Waals surface area (Å²) >= 11 is 1.67. The summed E-state index contributed by atoms with van der Waals surface area (Å²) in [6.45, 7) is 2.55. The van der Waals surface area contributed by atoms with Crippen molar-refractivity contribution in [3.8, 4) is 0 Å². The summed E-state index contributed by atoms with van der Waals surface area (Å²) < 4.78 is 17.9. The van der Waals surface area contributed by atoms with Crippen LogP contribution >= 0.6 is 11.3 Å². The van der Waals surface area contributed by atoms with Gasteiger partial charge in [0, 0.05) is 16.3 Å². The molecule has 25 heavy (non-hydrogen) atoms. The van der Waals surface area contributed by atoms with E-state index in [1.165, 1.54) is 4.88 Å². The van der Waals surface area contributed by atoms with Crippen LogP contribution in [-0.4, -0.2) is 16.7 Å². The van der Waals surface area contributed by atoms with E-state index >= 15 is 0 Å². The standard InChI is InChI=1S/C19H19NO3S2/c1-14-4-7-17(8-5-14)25(22)13-15-6-9-18(23-15)19(21)20-11-10-16-3-2-12-24-16/h2-9,12H,10-11,13H2,1H3,(H,20,21). The number of hydrogen-bond acceptors (Lipinski definition) is 4. The van der Waals surface area contributed by atoms with Gasteiger partial charge in [-0.1, -0.05) is 23.8 Å². The van der Waals surface area contributed by atoms with E-state index in [9.17, 15) is 9.00 Å². The molecule has 2 aromatic heterocycles. The number of amides is 1. The maximum absolute atomic E-state index is 12.4. The predicted octanol–water partition coefficient (Wildman–Crippen LogP) is 3.93. The number of thiophene rings is 1. The molecule has 1 atom stereocenters. The lowest BCUT2D eigenvalue weighted by molar-refractivity contribution is 0.0925. The van der Waals surface area contributed by atoms with Gasteiger partial charge in [-0.15, -0.1) is 11.3 Å². The summed E-state index contributed by atoms with van der Waals surface area (Å²) in [4.78, 5) is 14.1. The van der Waals surface area contributed by atoms with Crippen LogP contribution in [0, 0.1) is 6.92 Å². The maximum Gasteiger partial charge on any atom is 0.287 e. The molecule has 1 amide bonds. The third-order valence-corrected chi connectivity index (χ3v) is 5.96. The minimum atomic E-state index is -1.19. The van der Waals surface area contributed by atoms with E-state index in [2.05, 4.69) is 5.32 Å². The highest BCUT2D eigenvalue weighted by Gasteiger charge is 2.13. The van der Waals surface area contributed by atoms with Gasteiger partial charge >= 0.3 is 0 Å². The van der Waals surface area contributed by atoms with Crippen molar-refractivity contribution in [1.82, 2.24) is 5.32 Å². The molecule has 4 nitrogen and oxygen atoms in total. The molecule has 6 heteroatoms. The van der Waals surface area contributed by atoms with Crippen LogP contribution in [0.25, 0.3) is 0 Å². The van der Waals surface area contributed by atoms with Gasteiger partial charge in [0.2, 0.25) is 0 Å². The fourth-order valence-corrected chi connectivity index (χ4v) is 4.05. The van der Waals surface area contributed by atoms with Gasteiger partial charge in [-0.25, -0.2) is 0 Å². The van der Waals surface area contributed by atoms with Crippen LogP contribution in [0.4, 0.5) is 0 Å². The molecule has 2 heterocycles. The molecule has 0 spiro atoms. The SMILES string of the molecule is Cc1ccc(S(=O)Cc2ccc(C(=O)NCCc3cccs3)o2)cc1. The van der Waals surface area contributed by atoms with E-state index in [4.69, 9.17) is 4.42 Å². The van der Waals surface area contributed by atoms with Crippen molar-refractivity contribution in [1.29, 1.82) is 0 Å². The molecule has 1 unspecified atom stereocenters. The van der Waals surface area contributed by atoms with Crippen molar-refractivity contribution >= 4 is 28.0 Å². The summed E-state index contributed by atoms with van der Waals surface area (Å²) in [6, 6.07) is 14.9. The van der Waals surface area contributed by atoms with E-state index in [-0.39, 0.29) is 17.4 Å². The molecule has 3 aromatic rings. The van der Waals surface area contributed by atoms with E-state index in [0.717, 1.165) is 16.9 Å². The van der Waals surface area contributed by atoms with Crippen molar-refractivity contribution in [3.05, 3.63) is 75.9 Å². The van der Waals surface area contributed by atoms with Gasteiger partial charge in [0.15, 0.2) is 5.76 Å². The first kappa shape index (κ1) is 17.6. The number of hydrogen-bond donors (Lipinski definition) is 1. The Labute approximate surface area is 153 Å². The third-order valence-electron chi connectivity index (χ3n) is 3.68. The highest BCUT2D eigenvalue weighted by molar-refractivity contribution is 7.84. The van der Waals surface area contributed by atoms with Crippen LogP contribution in [0.1, 0.15) is 26.8 Å². The van der Waals surface area contributed by atoms with Gasteiger partial charge in [-0.2, -0.15) is 0 Å². The fourth-order valence-electron chi connectivity index (χ4n) is 2.32. The summed E-state index contributed by atoms with van der Waals surface area (Å²) in [5.41, 5.74) is 1.13. The minimum Gasteiger partial charge on any atom is -0.455 e. The zero-order valence-electron chi connectivity index (χ0n) is 13.9. The lowest BCUT2D eigenvalue weighted by Crippen LogP contribution is -2.25. The average molecular weight is 373 g/mol. The van der Waals surface area contributed by atoms with Crippen molar-refractivity contribution in [3.63, 3.8) is 0 Å². The monoisotopic (exact) mass is 373 g/mol. The summed E-state index contributed by atoms with van der Waals surface area (Å²) in [6.07, 6.45) is 0.800. The largest absolute Gasteiger partial charge is 0.455 e. The van der Waals surface area contributed by atoms with Gasteiger partial charge in [-0.05, 0) is 49.1 Å². The second-order valence-corrected chi connectivity index (χ2v) is 8.14. The van der Waals surface area contributed by atoms with E-state index in [0.29, 0.717) is 12.3 Å². The number of carbonyl (C=O) groups excluding carboxylic acids is 1. The lowest BCUT2D eigenvalue weighted by atomic mass is 10.2. The van der Waals surface area contributed by atoms with Crippen molar-refractivity contribution in [2.75, 3.05) is 6.54 Å². The Morgan fingerprint density at radius 3 is 2.68 bits per heavy atom. The Balaban J connectivity index is 1.53. The van der Waals surface area contributed by atoms with Crippen molar-refractivity contribution < 1.29 is 13.4 Å². The topological polar surface area (TPSA) is 59.3 Å². The van der Waals surface area contributed by atoms with Gasteiger partial charge in [0.25, 0.3) is 5.91 Å². The van der Waals surface area contributed by atoms with E-state index in [1.54, 1.807) is 23.5 Å². The molecule has 0 bridgehead atoms. The first-order valence-electron chi connectivity index (χ1n) is 7.96. The highest BCUT2D eigenvalue weighted by Crippen LogP contribution is 2.16. The summed E-state index contributed by atoms with van der Waals surface area (Å²) in [5, 5.41) is 4.86. The molecular formula is C19H19NO3S2. The number of furan rings is 1. The maximum atomic E-state index is 12.4. The van der Waals surface area contributed by atoms with Crippen molar-refractivity contribution in [2.45, 2.75) is 24.0 Å². The van der Waals surface area contributed by atoms with Gasteiger partial charge in [-0.3, -0.25) is 9.00 Å². The quantitative estimate of drug-likeness (QED) is 0.683. The van der Waals surface area contributed by atoms with Gasteiger partial charge in [0.05, 0.1) is 16.6 Å². The Kier molecular flexibility index (Phi) is 5.83. The molecular weight excluding hydrogens is 354 g/mol. The molecule has 3 rings (SSSR count). The van der Waals surface area contributed by atoms with Gasteiger partial charge in [0.1, 0.15) is 5.76 Å². The number of benzene rings is 1. The normalized spacial score (nSPS) is 12.0. The second kappa shape index (κ2) is 8.27. The second-order valence-electron chi connectivity index (χ2n) is 5.65. The summed E-state index contributed by atoms with van der Waals surface area (Å²) in [7, 11) is -1.19. The van der Waals surface area contributed by atoms with Crippen LogP contribution in [0.2, 0.25) is 0 Å². The summed E-state index contributed by atoms with van der Waals surface area (Å²) in [5.74, 6) is 0.805. The molecule has 0 aliphatic carbocycles. The predicted molar refractivity (Wildman–Crippen MR) is 100 cm³/mol. The average Bonchev–Trinajstić information content (AvgIpc) is 3.27. The Morgan fingerprint density at radius 2 is 1.96 bits per heavy atom.